The molecular formula is C15H30N2. The van der Waals surface area contributed by atoms with E-state index < -0.39 is 0 Å². The van der Waals surface area contributed by atoms with Crippen molar-refractivity contribution in [2.75, 3.05) is 6.54 Å². The average molecular weight is 238 g/mol. The molecule has 2 aliphatic carbocycles. The van der Waals surface area contributed by atoms with Crippen molar-refractivity contribution in [2.24, 2.45) is 11.1 Å². The van der Waals surface area contributed by atoms with Crippen LogP contribution in [0.15, 0.2) is 0 Å². The van der Waals surface area contributed by atoms with Gasteiger partial charge in [0.25, 0.3) is 0 Å². The zero-order valence-electron chi connectivity index (χ0n) is 11.7. The zero-order chi connectivity index (χ0) is 12.4. The molecule has 0 aromatic carbocycles. The second-order valence-corrected chi connectivity index (χ2v) is 7.13. The molecule has 2 nitrogen and oxygen atoms in total. The summed E-state index contributed by atoms with van der Waals surface area (Å²) in [6.45, 7) is 5.61. The molecule has 0 amide bonds. The van der Waals surface area contributed by atoms with Gasteiger partial charge in [-0.05, 0) is 43.9 Å². The van der Waals surface area contributed by atoms with E-state index in [-0.39, 0.29) is 5.54 Å². The molecule has 2 aliphatic rings. The van der Waals surface area contributed by atoms with E-state index in [2.05, 4.69) is 19.2 Å². The van der Waals surface area contributed by atoms with Crippen LogP contribution < -0.4 is 11.1 Å². The molecule has 17 heavy (non-hydrogen) atoms. The summed E-state index contributed by atoms with van der Waals surface area (Å²) in [5.41, 5.74) is 6.88. The predicted octanol–water partition coefficient (Wildman–Crippen LogP) is 3.21. The molecule has 0 heterocycles. The third-order valence-electron chi connectivity index (χ3n) is 5.07. The van der Waals surface area contributed by atoms with Crippen molar-refractivity contribution in [3.63, 3.8) is 0 Å². The second-order valence-electron chi connectivity index (χ2n) is 7.13. The van der Waals surface area contributed by atoms with Crippen LogP contribution in [0.3, 0.4) is 0 Å². The summed E-state index contributed by atoms with van der Waals surface area (Å²) in [6.07, 6.45) is 12.2. The van der Waals surface area contributed by atoms with Gasteiger partial charge < -0.3 is 11.1 Å². The fraction of sp³-hybridized carbons (Fsp3) is 1.00. The molecule has 3 N–H and O–H groups in total. The van der Waals surface area contributed by atoms with E-state index in [1.54, 1.807) is 0 Å². The summed E-state index contributed by atoms with van der Waals surface area (Å²) in [4.78, 5) is 0. The Hall–Kier alpha value is -0.0800. The predicted molar refractivity (Wildman–Crippen MR) is 74.0 cm³/mol. The normalized spacial score (nSPS) is 29.1. The minimum Gasteiger partial charge on any atom is -0.329 e. The number of rotatable bonds is 3. The van der Waals surface area contributed by atoms with E-state index in [0.29, 0.717) is 5.41 Å². The number of nitrogens with two attached hydrogens (primary N) is 1. The lowest BCUT2D eigenvalue weighted by atomic mass is 9.69. The average Bonchev–Trinajstić information content (AvgIpc) is 2.34. The van der Waals surface area contributed by atoms with Crippen LogP contribution in [0.2, 0.25) is 0 Å². The lowest BCUT2D eigenvalue weighted by molar-refractivity contribution is 0.121. The largest absolute Gasteiger partial charge is 0.329 e. The van der Waals surface area contributed by atoms with Gasteiger partial charge in [0.05, 0.1) is 0 Å². The Labute approximate surface area is 107 Å². The van der Waals surface area contributed by atoms with Crippen molar-refractivity contribution in [2.45, 2.75) is 83.2 Å². The Bertz CT molecular complexity index is 231. The third-order valence-corrected chi connectivity index (χ3v) is 5.07. The highest BCUT2D eigenvalue weighted by molar-refractivity contribution is 4.98. The lowest BCUT2D eigenvalue weighted by Gasteiger charge is -2.46. The highest BCUT2D eigenvalue weighted by atomic mass is 15.0. The van der Waals surface area contributed by atoms with Gasteiger partial charge in [0.1, 0.15) is 0 Å². The molecule has 2 rings (SSSR count). The molecule has 0 spiro atoms. The van der Waals surface area contributed by atoms with Gasteiger partial charge in [-0.15, -0.1) is 0 Å². The minimum absolute atomic E-state index is 0.261. The maximum Gasteiger partial charge on any atom is 0.0306 e. The summed E-state index contributed by atoms with van der Waals surface area (Å²) in [5.74, 6) is 0. The van der Waals surface area contributed by atoms with Crippen molar-refractivity contribution < 1.29 is 0 Å². The van der Waals surface area contributed by atoms with Crippen LogP contribution in [0.1, 0.15) is 71.6 Å². The molecule has 0 saturated heterocycles. The molecule has 0 unspecified atom stereocenters. The molecular weight excluding hydrogens is 208 g/mol. The van der Waals surface area contributed by atoms with E-state index in [9.17, 15) is 0 Å². The quantitative estimate of drug-likeness (QED) is 0.792. The molecule has 100 valence electrons. The van der Waals surface area contributed by atoms with Crippen molar-refractivity contribution >= 4 is 0 Å². The molecule has 0 aliphatic heterocycles. The highest BCUT2D eigenvalue weighted by Crippen LogP contribution is 2.40. The van der Waals surface area contributed by atoms with E-state index in [1.165, 1.54) is 57.8 Å². The minimum atomic E-state index is 0.261. The summed E-state index contributed by atoms with van der Waals surface area (Å²) < 4.78 is 0. The summed E-state index contributed by atoms with van der Waals surface area (Å²) in [5, 5.41) is 3.93. The Morgan fingerprint density at radius 2 is 1.59 bits per heavy atom. The van der Waals surface area contributed by atoms with Gasteiger partial charge in [-0.2, -0.15) is 0 Å². The first-order chi connectivity index (χ1) is 8.05. The maximum atomic E-state index is 6.08. The first-order valence-corrected chi connectivity index (χ1v) is 7.53. The van der Waals surface area contributed by atoms with Crippen LogP contribution in [0.25, 0.3) is 0 Å². The van der Waals surface area contributed by atoms with E-state index in [4.69, 9.17) is 5.73 Å². The monoisotopic (exact) mass is 238 g/mol. The first kappa shape index (κ1) is 13.4. The fourth-order valence-electron chi connectivity index (χ4n) is 3.49. The Morgan fingerprint density at radius 1 is 1.00 bits per heavy atom. The van der Waals surface area contributed by atoms with Crippen molar-refractivity contribution in [1.29, 1.82) is 0 Å². The highest BCUT2D eigenvalue weighted by Gasteiger charge is 2.38. The number of nitrogens with one attached hydrogen (secondary N) is 1. The van der Waals surface area contributed by atoms with Crippen molar-refractivity contribution in [3.8, 4) is 0 Å². The molecule has 2 fully saturated rings. The second kappa shape index (κ2) is 5.27. The topological polar surface area (TPSA) is 38.0 Å². The molecule has 0 atom stereocenters. The van der Waals surface area contributed by atoms with Gasteiger partial charge in [0, 0.05) is 18.1 Å². The van der Waals surface area contributed by atoms with Gasteiger partial charge in [-0.3, -0.25) is 0 Å². The van der Waals surface area contributed by atoms with Crippen molar-refractivity contribution in [1.82, 2.24) is 5.32 Å². The summed E-state index contributed by atoms with van der Waals surface area (Å²) in [7, 11) is 0. The lowest BCUT2D eigenvalue weighted by Crippen LogP contribution is -2.57. The van der Waals surface area contributed by atoms with Gasteiger partial charge in [-0.1, -0.05) is 33.1 Å². The fourth-order valence-corrected chi connectivity index (χ4v) is 3.49. The van der Waals surface area contributed by atoms with E-state index in [1.807, 2.05) is 0 Å². The van der Waals surface area contributed by atoms with Gasteiger partial charge in [-0.25, -0.2) is 0 Å². The van der Waals surface area contributed by atoms with Crippen LogP contribution in [-0.2, 0) is 0 Å². The Morgan fingerprint density at radius 3 is 2.12 bits per heavy atom. The van der Waals surface area contributed by atoms with Crippen LogP contribution in [0.5, 0.6) is 0 Å². The maximum absolute atomic E-state index is 6.08. The summed E-state index contributed by atoms with van der Waals surface area (Å²) >= 11 is 0. The third kappa shape index (κ3) is 3.45. The van der Waals surface area contributed by atoms with E-state index in [0.717, 1.165) is 12.6 Å². The smallest absolute Gasteiger partial charge is 0.0306 e. The molecule has 0 aromatic heterocycles. The van der Waals surface area contributed by atoms with Crippen LogP contribution in [0, 0.1) is 5.41 Å². The van der Waals surface area contributed by atoms with Crippen LogP contribution >= 0.6 is 0 Å². The zero-order valence-corrected chi connectivity index (χ0v) is 11.7. The standard InChI is InChI=1S/C15H30N2/c1-14(2)8-10-15(12-16,11-9-14)17-13-6-4-3-5-7-13/h13,17H,3-12,16H2,1-2H3. The number of hydrogen-bond acceptors (Lipinski definition) is 2. The van der Waals surface area contributed by atoms with Crippen LogP contribution in [0.4, 0.5) is 0 Å². The molecule has 2 saturated carbocycles. The Balaban J connectivity index is 1.91. The van der Waals surface area contributed by atoms with Gasteiger partial charge in [0.2, 0.25) is 0 Å². The SMILES string of the molecule is CC1(C)CCC(CN)(NC2CCCCC2)CC1. The van der Waals surface area contributed by atoms with Crippen LogP contribution in [-0.4, -0.2) is 18.1 Å². The first-order valence-electron chi connectivity index (χ1n) is 7.53. The van der Waals surface area contributed by atoms with Gasteiger partial charge in [0.15, 0.2) is 0 Å². The Kier molecular flexibility index (Phi) is 4.14. The van der Waals surface area contributed by atoms with Gasteiger partial charge >= 0.3 is 0 Å². The van der Waals surface area contributed by atoms with E-state index >= 15 is 0 Å². The van der Waals surface area contributed by atoms with Crippen molar-refractivity contribution in [3.05, 3.63) is 0 Å². The molecule has 0 aromatic rings. The summed E-state index contributed by atoms with van der Waals surface area (Å²) in [6, 6.07) is 0.744. The molecule has 0 radical (unpaired) electrons. The molecule has 2 heteroatoms. The molecule has 0 bridgehead atoms. The number of hydrogen-bond donors (Lipinski definition) is 2.